The van der Waals surface area contributed by atoms with E-state index in [1.54, 1.807) is 13.8 Å². The molecule has 1 saturated carbocycles. The Morgan fingerprint density at radius 2 is 1.77 bits per heavy atom. The summed E-state index contributed by atoms with van der Waals surface area (Å²) >= 11 is 5.50. The quantitative estimate of drug-likeness (QED) is 0.322. The average Bonchev–Trinajstić information content (AvgIpc) is 2.52. The maximum atomic E-state index is 12.9. The highest BCUT2D eigenvalue weighted by Crippen LogP contribution is 2.55. The molecule has 5 nitrogen and oxygen atoms in total. The minimum absolute atomic E-state index is 0.246. The van der Waals surface area contributed by atoms with Crippen LogP contribution in [-0.4, -0.2) is 30.9 Å². The van der Waals surface area contributed by atoms with E-state index >= 15 is 0 Å². The molecule has 130 valence electrons. The summed E-state index contributed by atoms with van der Waals surface area (Å²) in [4.78, 5) is 11.5. The summed E-state index contributed by atoms with van der Waals surface area (Å²) < 4.78 is 28.8. The number of halogens is 1. The van der Waals surface area contributed by atoms with Crippen LogP contribution in [0.3, 0.4) is 0 Å². The lowest BCUT2D eigenvalue weighted by molar-refractivity contribution is -0.143. The van der Waals surface area contributed by atoms with Gasteiger partial charge < -0.3 is 13.8 Å². The SMILES string of the molecule is CCOP(=O)(OCC)[C@@H](CCC1CCCCC1)OC(=O)CCl. The molecule has 0 N–H and O–H groups in total. The molecule has 0 bridgehead atoms. The van der Waals surface area contributed by atoms with E-state index in [-0.39, 0.29) is 19.1 Å². The lowest BCUT2D eigenvalue weighted by atomic mass is 9.86. The third-order valence-corrected chi connectivity index (χ3v) is 6.42. The maximum absolute atomic E-state index is 12.9. The fraction of sp³-hybridized carbons (Fsp3) is 0.933. The number of carbonyl (C=O) groups is 1. The summed E-state index contributed by atoms with van der Waals surface area (Å²) in [7, 11) is -3.47. The zero-order valence-electron chi connectivity index (χ0n) is 13.6. The van der Waals surface area contributed by atoms with Crippen LogP contribution in [0, 0.1) is 5.92 Å². The second-order valence-electron chi connectivity index (χ2n) is 5.53. The molecule has 0 aliphatic heterocycles. The second-order valence-corrected chi connectivity index (χ2v) is 7.97. The smallest absolute Gasteiger partial charge is 0.370 e. The Labute approximate surface area is 138 Å². The predicted octanol–water partition coefficient (Wildman–Crippen LogP) is 4.72. The van der Waals surface area contributed by atoms with Crippen LogP contribution in [0.1, 0.15) is 58.8 Å². The van der Waals surface area contributed by atoms with E-state index in [4.69, 9.17) is 25.4 Å². The van der Waals surface area contributed by atoms with Gasteiger partial charge in [0, 0.05) is 0 Å². The minimum atomic E-state index is -3.47. The Balaban J connectivity index is 2.71. The fourth-order valence-electron chi connectivity index (χ4n) is 2.88. The Morgan fingerprint density at radius 3 is 2.27 bits per heavy atom. The molecule has 0 aromatic heterocycles. The molecule has 22 heavy (non-hydrogen) atoms. The van der Waals surface area contributed by atoms with Crippen LogP contribution in [0.15, 0.2) is 0 Å². The normalized spacial score (nSPS) is 18.1. The van der Waals surface area contributed by atoms with Crippen molar-refractivity contribution in [3.05, 3.63) is 0 Å². The molecule has 0 aromatic rings. The van der Waals surface area contributed by atoms with Gasteiger partial charge in [-0.15, -0.1) is 11.6 Å². The Kier molecular flexibility index (Phi) is 9.65. The molecule has 1 aliphatic rings. The average molecular weight is 355 g/mol. The Morgan fingerprint density at radius 1 is 1.18 bits per heavy atom. The van der Waals surface area contributed by atoms with Crippen molar-refractivity contribution in [2.45, 2.75) is 64.6 Å². The number of hydrogen-bond donors (Lipinski definition) is 0. The molecule has 7 heteroatoms. The molecule has 0 radical (unpaired) electrons. The van der Waals surface area contributed by atoms with Gasteiger partial charge in [0.2, 0.25) is 5.85 Å². The summed E-state index contributed by atoms with van der Waals surface area (Å²) in [6, 6.07) is 0. The summed E-state index contributed by atoms with van der Waals surface area (Å²) in [6.45, 7) is 3.98. The summed E-state index contributed by atoms with van der Waals surface area (Å²) in [5.41, 5.74) is 0. The van der Waals surface area contributed by atoms with Crippen LogP contribution in [0.2, 0.25) is 0 Å². The molecule has 1 rings (SSSR count). The molecule has 1 fully saturated rings. The highest BCUT2D eigenvalue weighted by atomic mass is 35.5. The van der Waals surface area contributed by atoms with Crippen molar-refractivity contribution in [2.75, 3.05) is 19.1 Å². The van der Waals surface area contributed by atoms with Gasteiger partial charge in [-0.25, -0.2) is 0 Å². The van der Waals surface area contributed by atoms with Gasteiger partial charge in [0.05, 0.1) is 13.2 Å². The number of alkyl halides is 1. The molecule has 0 saturated heterocycles. The second kappa shape index (κ2) is 10.6. The van der Waals surface area contributed by atoms with Crippen LogP contribution >= 0.6 is 19.2 Å². The largest absolute Gasteiger partial charge is 0.448 e. The van der Waals surface area contributed by atoms with Crippen LogP contribution < -0.4 is 0 Å². The topological polar surface area (TPSA) is 61.8 Å². The third-order valence-electron chi connectivity index (χ3n) is 3.89. The summed E-state index contributed by atoms with van der Waals surface area (Å²) in [5.74, 6) is -1.11. The first-order valence-electron chi connectivity index (χ1n) is 8.20. The molecule has 1 aliphatic carbocycles. The van der Waals surface area contributed by atoms with Gasteiger partial charge in [-0.3, -0.25) is 9.36 Å². The van der Waals surface area contributed by atoms with Gasteiger partial charge in [-0.2, -0.15) is 0 Å². The van der Waals surface area contributed by atoms with Crippen LogP contribution in [0.5, 0.6) is 0 Å². The first kappa shape index (κ1) is 20.0. The highest BCUT2D eigenvalue weighted by molar-refractivity contribution is 7.54. The number of ether oxygens (including phenoxy) is 1. The summed E-state index contributed by atoms with van der Waals surface area (Å²) in [5, 5.41) is 0. The number of rotatable bonds is 10. The van der Waals surface area contributed by atoms with Gasteiger partial charge in [0.25, 0.3) is 0 Å². The maximum Gasteiger partial charge on any atom is 0.370 e. The van der Waals surface area contributed by atoms with Crippen LogP contribution in [0.25, 0.3) is 0 Å². The molecule has 1 atom stereocenters. The molecule has 0 amide bonds. The zero-order valence-corrected chi connectivity index (χ0v) is 15.2. The van der Waals surface area contributed by atoms with Crippen molar-refractivity contribution in [1.29, 1.82) is 0 Å². The summed E-state index contributed by atoms with van der Waals surface area (Å²) in [6.07, 6.45) is 7.50. The van der Waals surface area contributed by atoms with Crippen molar-refractivity contribution in [1.82, 2.24) is 0 Å². The monoisotopic (exact) mass is 354 g/mol. The van der Waals surface area contributed by atoms with Gasteiger partial charge >= 0.3 is 13.6 Å². The van der Waals surface area contributed by atoms with E-state index in [0.29, 0.717) is 12.3 Å². The first-order valence-corrected chi connectivity index (χ1v) is 10.3. The Hall–Kier alpha value is -0.0900. The molecule has 0 spiro atoms. The van der Waals surface area contributed by atoms with Gasteiger partial charge in [-0.1, -0.05) is 32.1 Å². The molecule has 0 unspecified atom stereocenters. The van der Waals surface area contributed by atoms with E-state index in [1.165, 1.54) is 32.1 Å². The Bertz CT molecular complexity index is 361. The van der Waals surface area contributed by atoms with E-state index in [1.807, 2.05) is 0 Å². The minimum Gasteiger partial charge on any atom is -0.448 e. The van der Waals surface area contributed by atoms with Crippen LogP contribution in [0.4, 0.5) is 0 Å². The van der Waals surface area contributed by atoms with E-state index in [2.05, 4.69) is 0 Å². The molecule has 0 aromatic carbocycles. The fourth-order valence-corrected chi connectivity index (χ4v) is 4.78. The first-order chi connectivity index (χ1) is 10.6. The van der Waals surface area contributed by atoms with E-state index < -0.39 is 19.4 Å². The van der Waals surface area contributed by atoms with E-state index in [0.717, 1.165) is 6.42 Å². The van der Waals surface area contributed by atoms with Crippen molar-refractivity contribution < 1.29 is 23.1 Å². The lowest BCUT2D eigenvalue weighted by Gasteiger charge is -2.28. The standard InChI is InChI=1S/C15H28ClO5P/c1-3-19-22(18,20-4-2)15(21-14(17)12-16)11-10-13-8-6-5-7-9-13/h13,15H,3-12H2,1-2H3/t15-/m0/s1. The molecular weight excluding hydrogens is 327 g/mol. The van der Waals surface area contributed by atoms with Gasteiger partial charge in [0.1, 0.15) is 5.88 Å². The van der Waals surface area contributed by atoms with Crippen molar-refractivity contribution in [2.24, 2.45) is 5.92 Å². The van der Waals surface area contributed by atoms with Gasteiger partial charge in [0.15, 0.2) is 0 Å². The lowest BCUT2D eigenvalue weighted by Crippen LogP contribution is -2.23. The van der Waals surface area contributed by atoms with Crippen molar-refractivity contribution in [3.8, 4) is 0 Å². The molecule has 0 heterocycles. The number of esters is 1. The van der Waals surface area contributed by atoms with E-state index in [9.17, 15) is 9.36 Å². The van der Waals surface area contributed by atoms with Crippen molar-refractivity contribution >= 4 is 25.2 Å². The predicted molar refractivity (Wildman–Crippen MR) is 87.3 cm³/mol. The number of carbonyl (C=O) groups excluding carboxylic acids is 1. The van der Waals surface area contributed by atoms with Gasteiger partial charge in [-0.05, 0) is 32.6 Å². The third kappa shape index (κ3) is 6.57. The molecular formula is C15H28ClO5P. The highest BCUT2D eigenvalue weighted by Gasteiger charge is 2.38. The number of hydrogen-bond acceptors (Lipinski definition) is 5. The zero-order chi connectivity index (χ0) is 16.4. The van der Waals surface area contributed by atoms with Crippen LogP contribution in [-0.2, 0) is 23.1 Å². The van der Waals surface area contributed by atoms with Crippen molar-refractivity contribution in [3.63, 3.8) is 0 Å².